The third-order valence-electron chi connectivity index (χ3n) is 3.26. The number of H-pyrrole nitrogens is 1. The van der Waals surface area contributed by atoms with E-state index < -0.39 is 0 Å². The van der Waals surface area contributed by atoms with Gasteiger partial charge >= 0.3 is 0 Å². The topological polar surface area (TPSA) is 96.7 Å². The number of rotatable bonds is 6. The number of aromatic nitrogens is 3. The third kappa shape index (κ3) is 4.56. The number of hydrogen-bond donors (Lipinski definition) is 3. The van der Waals surface area contributed by atoms with Crippen LogP contribution in [-0.2, 0) is 4.79 Å². The molecule has 1 aliphatic carbocycles. The molecule has 6 nitrogen and oxygen atoms in total. The summed E-state index contributed by atoms with van der Waals surface area (Å²) in [5.74, 6) is 0.277. The minimum Gasteiger partial charge on any atom is -0.368 e. The van der Waals surface area contributed by atoms with Gasteiger partial charge in [-0.25, -0.2) is 5.10 Å². The Kier molecular flexibility index (Phi) is 5.46. The molecule has 1 aromatic heterocycles. The monoisotopic (exact) mass is 295 g/mol. The van der Waals surface area contributed by atoms with E-state index in [9.17, 15) is 4.79 Å². The standard InChI is InChI=1S/C13H21N5OS/c1-9(20-13-16-12(14)17-18-13)11(19)15-8-7-10-5-3-2-4-6-10/h5,9H,2-4,6-8H2,1H3,(H,15,19)(H3,14,16,17,18). The first kappa shape index (κ1) is 14.9. The van der Waals surface area contributed by atoms with E-state index in [4.69, 9.17) is 5.73 Å². The van der Waals surface area contributed by atoms with Crippen molar-refractivity contribution < 1.29 is 4.79 Å². The lowest BCUT2D eigenvalue weighted by atomic mass is 9.97. The molecule has 0 spiro atoms. The van der Waals surface area contributed by atoms with Gasteiger partial charge in [-0.3, -0.25) is 4.79 Å². The molecule has 2 rings (SSSR count). The minimum atomic E-state index is -0.231. The second-order valence-electron chi connectivity index (χ2n) is 4.91. The Bertz CT molecular complexity index is 485. The Hall–Kier alpha value is -1.50. The van der Waals surface area contributed by atoms with Crippen molar-refractivity contribution in [2.45, 2.75) is 49.4 Å². The highest BCUT2D eigenvalue weighted by Gasteiger charge is 2.16. The molecule has 1 heterocycles. The fourth-order valence-corrected chi connectivity index (χ4v) is 2.90. The average Bonchev–Trinajstić information content (AvgIpc) is 2.85. The van der Waals surface area contributed by atoms with Crippen LogP contribution in [0.25, 0.3) is 0 Å². The zero-order valence-corrected chi connectivity index (χ0v) is 12.5. The third-order valence-corrected chi connectivity index (χ3v) is 4.22. The van der Waals surface area contributed by atoms with Crippen molar-refractivity contribution in [1.82, 2.24) is 20.5 Å². The number of nitrogens with zero attached hydrogens (tertiary/aromatic N) is 2. The molecule has 0 saturated carbocycles. The SMILES string of the molecule is CC(Sc1n[nH]c(N)n1)C(=O)NCCC1=CCCCC1. The van der Waals surface area contributed by atoms with Gasteiger partial charge in [0, 0.05) is 6.54 Å². The molecule has 1 atom stereocenters. The quantitative estimate of drug-likeness (QED) is 0.550. The molecule has 4 N–H and O–H groups in total. The second-order valence-corrected chi connectivity index (χ2v) is 6.22. The maximum absolute atomic E-state index is 11.9. The summed E-state index contributed by atoms with van der Waals surface area (Å²) in [6.07, 6.45) is 8.20. The lowest BCUT2D eigenvalue weighted by molar-refractivity contribution is -0.120. The molecular formula is C13H21N5OS. The first-order valence-electron chi connectivity index (χ1n) is 6.95. The molecule has 110 valence electrons. The van der Waals surface area contributed by atoms with Crippen molar-refractivity contribution in [1.29, 1.82) is 0 Å². The van der Waals surface area contributed by atoms with Crippen LogP contribution in [0.3, 0.4) is 0 Å². The van der Waals surface area contributed by atoms with Crippen molar-refractivity contribution in [2.24, 2.45) is 0 Å². The Morgan fingerprint density at radius 2 is 2.45 bits per heavy atom. The fourth-order valence-electron chi connectivity index (χ4n) is 2.14. The summed E-state index contributed by atoms with van der Waals surface area (Å²) in [5.41, 5.74) is 6.91. The second kappa shape index (κ2) is 7.33. The van der Waals surface area contributed by atoms with Crippen LogP contribution in [0.2, 0.25) is 0 Å². The van der Waals surface area contributed by atoms with Crippen LogP contribution in [0.4, 0.5) is 5.95 Å². The Morgan fingerprint density at radius 3 is 3.10 bits per heavy atom. The molecule has 0 aliphatic heterocycles. The van der Waals surface area contributed by atoms with E-state index in [0.29, 0.717) is 11.7 Å². The van der Waals surface area contributed by atoms with Crippen molar-refractivity contribution >= 4 is 23.6 Å². The number of aromatic amines is 1. The molecule has 0 bridgehead atoms. The molecule has 1 aliphatic rings. The summed E-state index contributed by atoms with van der Waals surface area (Å²) in [6.45, 7) is 2.54. The highest BCUT2D eigenvalue weighted by atomic mass is 32.2. The van der Waals surface area contributed by atoms with Gasteiger partial charge in [0.1, 0.15) is 0 Å². The fraction of sp³-hybridized carbons (Fsp3) is 0.615. The Labute approximate surface area is 123 Å². The number of anilines is 1. The molecular weight excluding hydrogens is 274 g/mol. The molecule has 0 fully saturated rings. The predicted octanol–water partition coefficient (Wildman–Crippen LogP) is 1.87. The minimum absolute atomic E-state index is 0.00906. The summed E-state index contributed by atoms with van der Waals surface area (Å²) in [6, 6.07) is 0. The maximum Gasteiger partial charge on any atom is 0.233 e. The van der Waals surface area contributed by atoms with Gasteiger partial charge < -0.3 is 11.1 Å². The zero-order chi connectivity index (χ0) is 14.4. The normalized spacial score (nSPS) is 16.6. The molecule has 1 amide bonds. The highest BCUT2D eigenvalue weighted by molar-refractivity contribution is 8.00. The van der Waals surface area contributed by atoms with Crippen LogP contribution in [0.5, 0.6) is 0 Å². The van der Waals surface area contributed by atoms with Gasteiger partial charge in [-0.15, -0.1) is 5.10 Å². The van der Waals surface area contributed by atoms with Crippen molar-refractivity contribution in [3.05, 3.63) is 11.6 Å². The van der Waals surface area contributed by atoms with E-state index in [2.05, 4.69) is 26.6 Å². The molecule has 7 heteroatoms. The maximum atomic E-state index is 11.9. The lowest BCUT2D eigenvalue weighted by Gasteiger charge is -2.14. The van der Waals surface area contributed by atoms with Gasteiger partial charge in [-0.1, -0.05) is 23.4 Å². The smallest absolute Gasteiger partial charge is 0.233 e. The van der Waals surface area contributed by atoms with E-state index in [1.165, 1.54) is 43.0 Å². The van der Waals surface area contributed by atoms with Gasteiger partial charge in [0.2, 0.25) is 17.0 Å². The summed E-state index contributed by atoms with van der Waals surface area (Å²) in [5, 5.41) is 9.69. The Morgan fingerprint density at radius 1 is 1.60 bits per heavy atom. The molecule has 0 radical (unpaired) electrons. The van der Waals surface area contributed by atoms with Crippen LogP contribution in [0.15, 0.2) is 16.8 Å². The van der Waals surface area contributed by atoms with Gasteiger partial charge in [-0.05, 0) is 39.0 Å². The van der Waals surface area contributed by atoms with E-state index in [-0.39, 0.29) is 17.1 Å². The summed E-state index contributed by atoms with van der Waals surface area (Å²) in [4.78, 5) is 15.9. The van der Waals surface area contributed by atoms with Crippen LogP contribution in [0, 0.1) is 0 Å². The van der Waals surface area contributed by atoms with Crippen molar-refractivity contribution in [3.8, 4) is 0 Å². The summed E-state index contributed by atoms with van der Waals surface area (Å²) in [7, 11) is 0. The number of amides is 1. The number of carbonyl (C=O) groups excluding carboxylic acids is 1. The van der Waals surface area contributed by atoms with E-state index >= 15 is 0 Å². The number of nitrogens with two attached hydrogens (primary N) is 1. The van der Waals surface area contributed by atoms with Crippen molar-refractivity contribution in [2.75, 3.05) is 12.3 Å². The largest absolute Gasteiger partial charge is 0.368 e. The predicted molar refractivity (Wildman–Crippen MR) is 80.3 cm³/mol. The molecule has 20 heavy (non-hydrogen) atoms. The van der Waals surface area contributed by atoms with Gasteiger partial charge in [0.15, 0.2) is 0 Å². The average molecular weight is 295 g/mol. The van der Waals surface area contributed by atoms with Crippen LogP contribution in [-0.4, -0.2) is 32.9 Å². The van der Waals surface area contributed by atoms with Gasteiger partial charge in [0.05, 0.1) is 5.25 Å². The number of carbonyl (C=O) groups is 1. The summed E-state index contributed by atoms with van der Waals surface area (Å²) >= 11 is 1.30. The first-order chi connectivity index (χ1) is 9.65. The number of allylic oxidation sites excluding steroid dienone is 1. The number of hydrogen-bond acceptors (Lipinski definition) is 5. The molecule has 0 aromatic carbocycles. The van der Waals surface area contributed by atoms with Crippen LogP contribution < -0.4 is 11.1 Å². The van der Waals surface area contributed by atoms with E-state index in [0.717, 1.165) is 6.42 Å². The van der Waals surface area contributed by atoms with Crippen LogP contribution in [0.1, 0.15) is 39.0 Å². The first-order valence-corrected chi connectivity index (χ1v) is 7.83. The molecule has 0 saturated heterocycles. The van der Waals surface area contributed by atoms with Gasteiger partial charge in [0.25, 0.3) is 0 Å². The molecule has 1 unspecified atom stereocenters. The number of thioether (sulfide) groups is 1. The summed E-state index contributed by atoms with van der Waals surface area (Å²) < 4.78 is 0. The number of nitrogens with one attached hydrogen (secondary N) is 2. The zero-order valence-electron chi connectivity index (χ0n) is 11.7. The van der Waals surface area contributed by atoms with E-state index in [1.54, 1.807) is 0 Å². The Balaban J connectivity index is 1.69. The lowest BCUT2D eigenvalue weighted by Crippen LogP contribution is -2.32. The number of nitrogen functional groups attached to an aromatic ring is 1. The highest BCUT2D eigenvalue weighted by Crippen LogP contribution is 2.21. The van der Waals surface area contributed by atoms with E-state index in [1.807, 2.05) is 6.92 Å². The molecule has 1 aromatic rings. The van der Waals surface area contributed by atoms with Crippen LogP contribution >= 0.6 is 11.8 Å². The van der Waals surface area contributed by atoms with Crippen molar-refractivity contribution in [3.63, 3.8) is 0 Å². The van der Waals surface area contributed by atoms with Gasteiger partial charge in [-0.2, -0.15) is 4.98 Å².